The lowest BCUT2D eigenvalue weighted by atomic mass is 10.1. The number of rotatable bonds is 8. The largest absolute Gasteiger partial charge is 0.402 e. The zero-order chi connectivity index (χ0) is 20.2. The van der Waals surface area contributed by atoms with E-state index in [1.54, 1.807) is 19.4 Å². The predicted molar refractivity (Wildman–Crippen MR) is 112 cm³/mol. The summed E-state index contributed by atoms with van der Waals surface area (Å²) in [5, 5.41) is 0. The molecule has 0 atom stereocenters. The van der Waals surface area contributed by atoms with E-state index in [1.165, 1.54) is 0 Å². The van der Waals surface area contributed by atoms with Crippen LogP contribution in [0.15, 0.2) is 23.0 Å². The molecule has 1 aliphatic heterocycles. The van der Waals surface area contributed by atoms with Crippen LogP contribution in [-0.2, 0) is 11.2 Å². The summed E-state index contributed by atoms with van der Waals surface area (Å²) < 4.78 is 7.37. The minimum atomic E-state index is 0.229. The van der Waals surface area contributed by atoms with Gasteiger partial charge in [-0.1, -0.05) is 27.7 Å². The van der Waals surface area contributed by atoms with Gasteiger partial charge in [-0.2, -0.15) is 0 Å². The van der Waals surface area contributed by atoms with Gasteiger partial charge in [-0.3, -0.25) is 0 Å². The van der Waals surface area contributed by atoms with Crippen molar-refractivity contribution in [3.8, 4) is 0 Å². The Bertz CT molecular complexity index is 679. The SMILES string of the molecule is CC.COCCCC[N+]1=Cc2ncc(/N=C(N)\C=C(/N)C(C)C)nc2CC1. The van der Waals surface area contributed by atoms with Gasteiger partial charge in [-0.15, -0.1) is 0 Å². The number of hydrogen-bond donors (Lipinski definition) is 2. The van der Waals surface area contributed by atoms with Crippen molar-refractivity contribution in [2.75, 3.05) is 26.8 Å². The highest BCUT2D eigenvalue weighted by molar-refractivity contribution is 5.93. The molecule has 0 fully saturated rings. The molecule has 0 saturated heterocycles. The van der Waals surface area contributed by atoms with E-state index in [9.17, 15) is 0 Å². The van der Waals surface area contributed by atoms with Crippen LogP contribution in [0, 0.1) is 5.92 Å². The Morgan fingerprint density at radius 1 is 1.33 bits per heavy atom. The number of methoxy groups -OCH3 is 1. The molecule has 150 valence electrons. The summed E-state index contributed by atoms with van der Waals surface area (Å²) in [5.74, 6) is 1.10. The average molecular weight is 376 g/mol. The molecule has 0 bridgehead atoms. The number of unbranched alkanes of at least 4 members (excludes halogenated alkanes) is 1. The van der Waals surface area contributed by atoms with Crippen molar-refractivity contribution in [3.63, 3.8) is 0 Å². The van der Waals surface area contributed by atoms with Crippen LogP contribution in [0.1, 0.15) is 51.9 Å². The Morgan fingerprint density at radius 3 is 2.74 bits per heavy atom. The van der Waals surface area contributed by atoms with E-state index in [4.69, 9.17) is 16.2 Å². The maximum Gasteiger partial charge on any atom is 0.191 e. The molecular formula is C20H35N6O+. The molecule has 0 aliphatic carbocycles. The standard InChI is InChI=1S/C18H28N6O.C2H6/c1-13(2)14(19)10-17(20)23-18-11-21-16-12-24(7-4-5-9-25-3)8-6-15(16)22-18;1-2/h10-13H,4-9H2,1-3H3,(H3,19,20);1-2H3/p+1. The minimum absolute atomic E-state index is 0.229. The fraction of sp³-hybridized carbons (Fsp3) is 0.600. The van der Waals surface area contributed by atoms with Crippen LogP contribution in [0.4, 0.5) is 5.82 Å². The molecule has 0 aromatic carbocycles. The third-order valence-corrected chi connectivity index (χ3v) is 4.07. The minimum Gasteiger partial charge on any atom is -0.402 e. The Labute approximate surface area is 163 Å². The summed E-state index contributed by atoms with van der Waals surface area (Å²) in [5.41, 5.74) is 14.4. The van der Waals surface area contributed by atoms with Gasteiger partial charge >= 0.3 is 0 Å². The summed E-state index contributed by atoms with van der Waals surface area (Å²) in [7, 11) is 1.73. The van der Waals surface area contributed by atoms with Crippen molar-refractivity contribution in [1.29, 1.82) is 0 Å². The zero-order valence-electron chi connectivity index (χ0n) is 17.4. The Morgan fingerprint density at radius 2 is 2.07 bits per heavy atom. The summed E-state index contributed by atoms with van der Waals surface area (Å²) >= 11 is 0. The zero-order valence-corrected chi connectivity index (χ0v) is 17.4. The third kappa shape index (κ3) is 7.86. The van der Waals surface area contributed by atoms with E-state index in [0.717, 1.165) is 50.3 Å². The van der Waals surface area contributed by atoms with Gasteiger partial charge < -0.3 is 16.2 Å². The van der Waals surface area contributed by atoms with Crippen molar-refractivity contribution in [2.45, 2.75) is 47.0 Å². The molecule has 7 heteroatoms. The lowest BCUT2D eigenvalue weighted by molar-refractivity contribution is -0.524. The molecule has 0 saturated carbocycles. The molecule has 2 rings (SSSR count). The van der Waals surface area contributed by atoms with Crippen LogP contribution in [0.25, 0.3) is 0 Å². The molecule has 0 spiro atoms. The van der Waals surface area contributed by atoms with Gasteiger partial charge in [0.15, 0.2) is 12.0 Å². The van der Waals surface area contributed by atoms with Gasteiger partial charge in [-0.05, 0) is 18.4 Å². The number of amidine groups is 1. The molecule has 0 unspecified atom stereocenters. The lowest BCUT2D eigenvalue weighted by Crippen LogP contribution is -2.25. The monoisotopic (exact) mass is 375 g/mol. The molecule has 1 aliphatic rings. The number of ether oxygens (including phenoxy) is 1. The number of allylic oxidation sites excluding steroid dienone is 1. The first kappa shape index (κ1) is 22.8. The predicted octanol–water partition coefficient (Wildman–Crippen LogP) is 2.40. The molecule has 0 amide bonds. The highest BCUT2D eigenvalue weighted by Gasteiger charge is 2.18. The highest BCUT2D eigenvalue weighted by atomic mass is 16.5. The fourth-order valence-corrected chi connectivity index (χ4v) is 2.50. The van der Waals surface area contributed by atoms with Gasteiger partial charge in [0.1, 0.15) is 24.6 Å². The quantitative estimate of drug-likeness (QED) is 0.314. The van der Waals surface area contributed by atoms with Gasteiger partial charge in [0.05, 0.1) is 18.3 Å². The number of fused-ring (bicyclic) bond motifs is 1. The van der Waals surface area contributed by atoms with E-state index < -0.39 is 0 Å². The third-order valence-electron chi connectivity index (χ3n) is 4.07. The van der Waals surface area contributed by atoms with Crippen LogP contribution in [0.3, 0.4) is 0 Å². The van der Waals surface area contributed by atoms with Crippen LogP contribution in [-0.4, -0.2) is 53.4 Å². The maximum absolute atomic E-state index is 5.92. The van der Waals surface area contributed by atoms with Crippen molar-refractivity contribution >= 4 is 17.9 Å². The summed E-state index contributed by atoms with van der Waals surface area (Å²) in [4.78, 5) is 13.4. The van der Waals surface area contributed by atoms with Gasteiger partial charge in [0, 0.05) is 25.8 Å². The van der Waals surface area contributed by atoms with Crippen molar-refractivity contribution in [2.24, 2.45) is 22.4 Å². The molecule has 27 heavy (non-hydrogen) atoms. The lowest BCUT2D eigenvalue weighted by Gasteiger charge is -2.11. The Hall–Kier alpha value is -2.28. The Kier molecular flexibility index (Phi) is 10.3. The fourth-order valence-electron chi connectivity index (χ4n) is 2.50. The smallest absolute Gasteiger partial charge is 0.191 e. The van der Waals surface area contributed by atoms with E-state index in [2.05, 4.69) is 25.8 Å². The molecular weight excluding hydrogens is 340 g/mol. The van der Waals surface area contributed by atoms with Crippen molar-refractivity contribution in [3.05, 3.63) is 29.4 Å². The van der Waals surface area contributed by atoms with Crippen LogP contribution < -0.4 is 11.5 Å². The molecule has 7 nitrogen and oxygen atoms in total. The first-order valence-corrected chi connectivity index (χ1v) is 9.74. The van der Waals surface area contributed by atoms with Crippen molar-refractivity contribution < 1.29 is 9.31 Å². The van der Waals surface area contributed by atoms with Gasteiger partial charge in [0.2, 0.25) is 0 Å². The first-order valence-electron chi connectivity index (χ1n) is 9.74. The topological polar surface area (TPSA) is 102 Å². The van der Waals surface area contributed by atoms with Gasteiger partial charge in [-0.25, -0.2) is 19.5 Å². The molecule has 1 aromatic rings. The average Bonchev–Trinajstić information content (AvgIpc) is 2.66. The molecule has 4 N–H and O–H groups in total. The van der Waals surface area contributed by atoms with E-state index in [1.807, 2.05) is 27.7 Å². The number of aromatic nitrogens is 2. The number of hydrogen-bond acceptors (Lipinski definition) is 5. The Balaban J connectivity index is 0.00000176. The maximum atomic E-state index is 5.92. The second kappa shape index (κ2) is 12.2. The second-order valence-corrected chi connectivity index (χ2v) is 6.51. The molecule has 1 aromatic heterocycles. The molecule has 2 heterocycles. The summed E-state index contributed by atoms with van der Waals surface area (Å²) in [6.07, 6.45) is 8.44. The van der Waals surface area contributed by atoms with Crippen LogP contribution >= 0.6 is 0 Å². The van der Waals surface area contributed by atoms with E-state index in [0.29, 0.717) is 17.4 Å². The van der Waals surface area contributed by atoms with E-state index in [-0.39, 0.29) is 5.92 Å². The van der Waals surface area contributed by atoms with Crippen LogP contribution in [0.2, 0.25) is 0 Å². The molecule has 0 radical (unpaired) electrons. The van der Waals surface area contributed by atoms with Crippen LogP contribution in [0.5, 0.6) is 0 Å². The second-order valence-electron chi connectivity index (χ2n) is 6.51. The number of nitrogens with zero attached hydrogens (tertiary/aromatic N) is 4. The normalized spacial score (nSPS) is 14.4. The summed E-state index contributed by atoms with van der Waals surface area (Å²) in [6.45, 7) is 10.8. The first-order chi connectivity index (χ1) is 13.0. The van der Waals surface area contributed by atoms with E-state index >= 15 is 0 Å². The van der Waals surface area contributed by atoms with Crippen molar-refractivity contribution in [1.82, 2.24) is 9.97 Å². The summed E-state index contributed by atoms with van der Waals surface area (Å²) in [6, 6.07) is 0. The number of aliphatic imine (C=N–C) groups is 1. The van der Waals surface area contributed by atoms with Gasteiger partial charge in [0.25, 0.3) is 0 Å². The number of nitrogens with two attached hydrogens (primary N) is 2. The highest BCUT2D eigenvalue weighted by Crippen LogP contribution is 2.13.